The smallest absolute Gasteiger partial charge is 0.418 e. The Labute approximate surface area is 117 Å². The minimum absolute atomic E-state index is 0.387. The largest absolute Gasteiger partial charge is 0.443 e. The van der Waals surface area contributed by atoms with Crippen molar-refractivity contribution in [2.45, 2.75) is 26.4 Å². The fourth-order valence-corrected chi connectivity index (χ4v) is 1.83. The average Bonchev–Trinajstić information content (AvgIpc) is 2.76. The predicted octanol–water partition coefficient (Wildman–Crippen LogP) is 4.59. The Morgan fingerprint density at radius 1 is 1.16 bits per heavy atom. The molecule has 0 aliphatic heterocycles. The second-order valence-corrected chi connectivity index (χ2v) is 5.69. The summed E-state index contributed by atoms with van der Waals surface area (Å²) >= 11 is 5.86. The second-order valence-electron chi connectivity index (χ2n) is 5.25. The Morgan fingerprint density at radius 3 is 2.37 bits per heavy atom. The van der Waals surface area contributed by atoms with E-state index in [1.165, 1.54) is 4.57 Å². The van der Waals surface area contributed by atoms with Crippen molar-refractivity contribution in [2.24, 2.45) is 0 Å². The molecule has 0 saturated carbocycles. The first kappa shape index (κ1) is 13.7. The standard InChI is InChI=1S/C15H16ClNO2/c1-15(2,3)19-14(18)17-10-4-5-13(17)11-6-8-12(16)9-7-11/h4-10H,1-3H3. The third-order valence-electron chi connectivity index (χ3n) is 2.48. The van der Waals surface area contributed by atoms with Gasteiger partial charge in [-0.1, -0.05) is 23.7 Å². The molecule has 1 aromatic carbocycles. The van der Waals surface area contributed by atoms with E-state index in [1.54, 1.807) is 18.3 Å². The number of ether oxygens (including phenoxy) is 1. The summed E-state index contributed by atoms with van der Waals surface area (Å²) in [6.07, 6.45) is 1.31. The molecule has 1 heterocycles. The topological polar surface area (TPSA) is 31.2 Å². The van der Waals surface area contributed by atoms with Crippen molar-refractivity contribution in [3.63, 3.8) is 0 Å². The molecule has 0 bridgehead atoms. The van der Waals surface area contributed by atoms with E-state index in [0.29, 0.717) is 5.02 Å². The van der Waals surface area contributed by atoms with E-state index in [2.05, 4.69) is 0 Å². The van der Waals surface area contributed by atoms with E-state index in [4.69, 9.17) is 16.3 Å². The van der Waals surface area contributed by atoms with E-state index in [0.717, 1.165) is 11.3 Å². The molecule has 0 amide bonds. The highest BCUT2D eigenvalue weighted by Gasteiger charge is 2.19. The van der Waals surface area contributed by atoms with Crippen LogP contribution in [0.1, 0.15) is 20.8 Å². The van der Waals surface area contributed by atoms with Crippen molar-refractivity contribution < 1.29 is 9.53 Å². The molecule has 0 fully saturated rings. The average molecular weight is 278 g/mol. The van der Waals surface area contributed by atoms with Crippen LogP contribution in [0.15, 0.2) is 42.6 Å². The van der Waals surface area contributed by atoms with Crippen molar-refractivity contribution in [2.75, 3.05) is 0 Å². The highest BCUT2D eigenvalue weighted by atomic mass is 35.5. The van der Waals surface area contributed by atoms with Crippen LogP contribution in [0, 0.1) is 0 Å². The lowest BCUT2D eigenvalue weighted by Crippen LogP contribution is -2.27. The molecule has 0 N–H and O–H groups in total. The molecule has 0 spiro atoms. The molecule has 1 aromatic heterocycles. The van der Waals surface area contributed by atoms with Crippen molar-refractivity contribution in [1.29, 1.82) is 0 Å². The zero-order valence-corrected chi connectivity index (χ0v) is 11.9. The number of halogens is 1. The van der Waals surface area contributed by atoms with Gasteiger partial charge in [0.05, 0.1) is 5.69 Å². The Kier molecular flexibility index (Phi) is 3.67. The maximum Gasteiger partial charge on any atom is 0.418 e. The van der Waals surface area contributed by atoms with Gasteiger partial charge in [-0.2, -0.15) is 0 Å². The third kappa shape index (κ3) is 3.38. The summed E-state index contributed by atoms with van der Waals surface area (Å²) in [6, 6.07) is 11.0. The van der Waals surface area contributed by atoms with Gasteiger partial charge in [0.15, 0.2) is 0 Å². The van der Waals surface area contributed by atoms with E-state index in [1.807, 2.05) is 45.0 Å². The van der Waals surface area contributed by atoms with Gasteiger partial charge in [0.25, 0.3) is 0 Å². The lowest BCUT2D eigenvalue weighted by atomic mass is 10.1. The molecule has 2 aromatic rings. The Balaban J connectivity index is 2.32. The fraction of sp³-hybridized carbons (Fsp3) is 0.267. The molecule has 0 atom stereocenters. The maximum atomic E-state index is 12.1. The van der Waals surface area contributed by atoms with Crippen LogP contribution in [-0.2, 0) is 4.74 Å². The van der Waals surface area contributed by atoms with Crippen LogP contribution < -0.4 is 0 Å². The summed E-state index contributed by atoms with van der Waals surface area (Å²) in [7, 11) is 0. The van der Waals surface area contributed by atoms with E-state index in [-0.39, 0.29) is 6.09 Å². The molecular weight excluding hydrogens is 262 g/mol. The van der Waals surface area contributed by atoms with Gasteiger partial charge in [0, 0.05) is 11.2 Å². The molecule has 0 radical (unpaired) electrons. The molecule has 0 aliphatic rings. The van der Waals surface area contributed by atoms with Crippen LogP contribution >= 0.6 is 11.6 Å². The Morgan fingerprint density at radius 2 is 1.79 bits per heavy atom. The third-order valence-corrected chi connectivity index (χ3v) is 2.73. The van der Waals surface area contributed by atoms with Gasteiger partial charge in [-0.05, 0) is 50.6 Å². The van der Waals surface area contributed by atoms with Gasteiger partial charge in [-0.3, -0.25) is 4.57 Å². The molecule has 0 aliphatic carbocycles. The summed E-state index contributed by atoms with van der Waals surface area (Å²) < 4.78 is 6.86. The van der Waals surface area contributed by atoms with E-state index in [9.17, 15) is 4.79 Å². The summed E-state index contributed by atoms with van der Waals surface area (Å²) in [4.78, 5) is 12.1. The molecule has 2 rings (SSSR count). The second kappa shape index (κ2) is 5.10. The number of hydrogen-bond donors (Lipinski definition) is 0. The number of benzene rings is 1. The summed E-state index contributed by atoms with van der Waals surface area (Å²) in [6.45, 7) is 5.53. The van der Waals surface area contributed by atoms with Crippen LogP contribution in [0.3, 0.4) is 0 Å². The minimum Gasteiger partial charge on any atom is -0.443 e. The number of nitrogens with zero attached hydrogens (tertiary/aromatic N) is 1. The van der Waals surface area contributed by atoms with E-state index < -0.39 is 5.60 Å². The van der Waals surface area contributed by atoms with Crippen LogP contribution in [0.25, 0.3) is 11.3 Å². The van der Waals surface area contributed by atoms with Gasteiger partial charge in [0.2, 0.25) is 0 Å². The molecule has 3 nitrogen and oxygen atoms in total. The molecule has 0 unspecified atom stereocenters. The monoisotopic (exact) mass is 277 g/mol. The van der Waals surface area contributed by atoms with Crippen molar-refractivity contribution >= 4 is 17.7 Å². The van der Waals surface area contributed by atoms with Crippen molar-refractivity contribution in [3.8, 4) is 11.3 Å². The lowest BCUT2D eigenvalue weighted by molar-refractivity contribution is 0.0540. The number of carbonyl (C=O) groups excluding carboxylic acids is 1. The molecule has 100 valence electrons. The van der Waals surface area contributed by atoms with Crippen molar-refractivity contribution in [3.05, 3.63) is 47.6 Å². The SMILES string of the molecule is CC(C)(C)OC(=O)n1cccc1-c1ccc(Cl)cc1. The zero-order chi connectivity index (χ0) is 14.0. The van der Waals surface area contributed by atoms with Crippen LogP contribution in [-0.4, -0.2) is 16.3 Å². The predicted molar refractivity (Wildman–Crippen MR) is 76.5 cm³/mol. The van der Waals surface area contributed by atoms with Gasteiger partial charge in [0.1, 0.15) is 5.60 Å². The normalized spacial score (nSPS) is 11.4. The fourth-order valence-electron chi connectivity index (χ4n) is 1.71. The summed E-state index contributed by atoms with van der Waals surface area (Å²) in [5.41, 5.74) is 1.18. The van der Waals surface area contributed by atoms with Gasteiger partial charge in [-0.15, -0.1) is 0 Å². The summed E-state index contributed by atoms with van der Waals surface area (Å²) in [5.74, 6) is 0. The first-order valence-electron chi connectivity index (χ1n) is 6.03. The lowest BCUT2D eigenvalue weighted by Gasteiger charge is -2.20. The first-order valence-corrected chi connectivity index (χ1v) is 6.41. The number of carbonyl (C=O) groups is 1. The van der Waals surface area contributed by atoms with Crippen LogP contribution in [0.2, 0.25) is 5.02 Å². The number of aromatic nitrogens is 1. The molecular formula is C15H16ClNO2. The summed E-state index contributed by atoms with van der Waals surface area (Å²) in [5, 5.41) is 0.666. The minimum atomic E-state index is -0.515. The first-order chi connectivity index (χ1) is 8.87. The van der Waals surface area contributed by atoms with Crippen LogP contribution in [0.4, 0.5) is 4.79 Å². The molecule has 19 heavy (non-hydrogen) atoms. The van der Waals surface area contributed by atoms with Gasteiger partial charge < -0.3 is 4.74 Å². The quantitative estimate of drug-likeness (QED) is 0.763. The number of rotatable bonds is 1. The molecule has 0 saturated heterocycles. The highest BCUT2D eigenvalue weighted by Crippen LogP contribution is 2.23. The van der Waals surface area contributed by atoms with Crippen LogP contribution in [0.5, 0.6) is 0 Å². The zero-order valence-electron chi connectivity index (χ0n) is 11.2. The van der Waals surface area contributed by atoms with Crippen molar-refractivity contribution in [1.82, 2.24) is 4.57 Å². The molecule has 4 heteroatoms. The number of hydrogen-bond acceptors (Lipinski definition) is 2. The Hall–Kier alpha value is -1.74. The van der Waals surface area contributed by atoms with Gasteiger partial charge >= 0.3 is 6.09 Å². The maximum absolute atomic E-state index is 12.1. The van der Waals surface area contributed by atoms with E-state index >= 15 is 0 Å². The van der Waals surface area contributed by atoms with Gasteiger partial charge in [-0.25, -0.2) is 4.79 Å². The Bertz CT molecular complexity index is 579. The highest BCUT2D eigenvalue weighted by molar-refractivity contribution is 6.30.